The van der Waals surface area contributed by atoms with Crippen LogP contribution in [0.2, 0.25) is 0 Å². The number of aromatic nitrogens is 2. The lowest BCUT2D eigenvalue weighted by molar-refractivity contribution is 0.492. The van der Waals surface area contributed by atoms with Crippen LogP contribution in [0.1, 0.15) is 19.4 Å². The van der Waals surface area contributed by atoms with Gasteiger partial charge in [-0.3, -0.25) is 19.3 Å². The van der Waals surface area contributed by atoms with E-state index in [9.17, 15) is 13.2 Å². The maximum Gasteiger partial charge on any atom is 0.272 e. The Hall–Kier alpha value is -3.05. The Morgan fingerprint density at radius 3 is 2.50 bits per heavy atom. The minimum atomic E-state index is -3.81. The van der Waals surface area contributed by atoms with Crippen molar-refractivity contribution in [3.8, 4) is 6.07 Å². The van der Waals surface area contributed by atoms with Gasteiger partial charge in [0.15, 0.2) is 0 Å². The highest BCUT2D eigenvalue weighted by Gasteiger charge is 2.16. The van der Waals surface area contributed by atoms with Crippen LogP contribution in [0.3, 0.4) is 0 Å². The molecule has 0 amide bonds. The first-order chi connectivity index (χ1) is 12.3. The predicted molar refractivity (Wildman–Crippen MR) is 99.4 cm³/mol. The van der Waals surface area contributed by atoms with Crippen molar-refractivity contribution in [3.05, 3.63) is 58.4 Å². The second-order valence-electron chi connectivity index (χ2n) is 6.42. The van der Waals surface area contributed by atoms with Crippen LogP contribution in [-0.2, 0) is 16.6 Å². The molecule has 0 unspecified atom stereocenters. The summed E-state index contributed by atoms with van der Waals surface area (Å²) in [6.07, 6.45) is 0. The standard InChI is InChI=1S/C18H18N4O3S/c1-12(2)11-22-17-8-5-14(9-16(17)18(23)20-22)21-26(24,25)15-6-3-13(10-19)4-7-15/h3-9,12,21H,11H2,1-2H3,(H,20,23). The van der Waals surface area contributed by atoms with Gasteiger partial charge in [-0.15, -0.1) is 0 Å². The molecule has 0 spiro atoms. The number of fused-ring (bicyclic) bond motifs is 1. The van der Waals surface area contributed by atoms with E-state index < -0.39 is 10.0 Å². The molecule has 3 aromatic rings. The van der Waals surface area contributed by atoms with Gasteiger partial charge < -0.3 is 0 Å². The number of sulfonamides is 1. The van der Waals surface area contributed by atoms with Gasteiger partial charge in [-0.1, -0.05) is 13.8 Å². The van der Waals surface area contributed by atoms with Gasteiger partial charge >= 0.3 is 0 Å². The van der Waals surface area contributed by atoms with Gasteiger partial charge in [0.2, 0.25) is 0 Å². The lowest BCUT2D eigenvalue weighted by Gasteiger charge is -2.09. The molecule has 0 aliphatic heterocycles. The normalized spacial score (nSPS) is 11.6. The molecule has 0 saturated heterocycles. The molecule has 0 saturated carbocycles. The van der Waals surface area contributed by atoms with E-state index in [4.69, 9.17) is 5.26 Å². The van der Waals surface area contributed by atoms with Crippen LogP contribution >= 0.6 is 0 Å². The molecule has 0 atom stereocenters. The molecule has 0 aliphatic rings. The summed E-state index contributed by atoms with van der Waals surface area (Å²) in [6, 6.07) is 12.4. The number of aromatic amines is 1. The van der Waals surface area contributed by atoms with E-state index >= 15 is 0 Å². The molecule has 7 nitrogen and oxygen atoms in total. The summed E-state index contributed by atoms with van der Waals surface area (Å²) in [6.45, 7) is 4.75. The number of hydrogen-bond acceptors (Lipinski definition) is 4. The van der Waals surface area contributed by atoms with E-state index in [0.717, 1.165) is 5.52 Å². The van der Waals surface area contributed by atoms with Crippen LogP contribution in [0.5, 0.6) is 0 Å². The van der Waals surface area contributed by atoms with Crippen LogP contribution in [0, 0.1) is 17.2 Å². The minimum absolute atomic E-state index is 0.0443. The molecule has 1 aromatic heterocycles. The number of nitrogens with one attached hydrogen (secondary N) is 2. The van der Waals surface area contributed by atoms with Crippen LogP contribution in [0.4, 0.5) is 5.69 Å². The Labute approximate surface area is 150 Å². The smallest absolute Gasteiger partial charge is 0.272 e. The Balaban J connectivity index is 1.94. The fraction of sp³-hybridized carbons (Fsp3) is 0.222. The van der Waals surface area contributed by atoms with Crippen molar-refractivity contribution in [1.82, 2.24) is 9.78 Å². The van der Waals surface area contributed by atoms with E-state index in [1.54, 1.807) is 16.8 Å². The molecule has 0 aliphatic carbocycles. The van der Waals surface area contributed by atoms with Gasteiger partial charge in [-0.25, -0.2) is 8.42 Å². The van der Waals surface area contributed by atoms with Gasteiger partial charge in [0.1, 0.15) is 0 Å². The maximum atomic E-state index is 12.5. The molecule has 0 bridgehead atoms. The fourth-order valence-corrected chi connectivity index (χ4v) is 3.74. The fourth-order valence-electron chi connectivity index (χ4n) is 2.69. The van der Waals surface area contributed by atoms with Gasteiger partial charge in [0.05, 0.1) is 27.4 Å². The number of anilines is 1. The summed E-state index contributed by atoms with van der Waals surface area (Å²) in [7, 11) is -3.81. The van der Waals surface area contributed by atoms with Crippen LogP contribution < -0.4 is 10.3 Å². The lowest BCUT2D eigenvalue weighted by atomic mass is 10.2. The lowest BCUT2D eigenvalue weighted by Crippen LogP contribution is -2.13. The molecule has 1 heterocycles. The highest BCUT2D eigenvalue weighted by atomic mass is 32.2. The second kappa shape index (κ2) is 6.69. The molecule has 0 fully saturated rings. The zero-order chi connectivity index (χ0) is 18.9. The number of nitrogens with zero attached hydrogens (tertiary/aromatic N) is 2. The van der Waals surface area contributed by atoms with Crippen LogP contribution in [0.25, 0.3) is 10.9 Å². The summed E-state index contributed by atoms with van der Waals surface area (Å²) in [5, 5.41) is 12.0. The summed E-state index contributed by atoms with van der Waals surface area (Å²) in [5.74, 6) is 0.357. The zero-order valence-electron chi connectivity index (χ0n) is 14.4. The van der Waals surface area contributed by atoms with Crippen molar-refractivity contribution in [2.24, 2.45) is 5.92 Å². The number of H-pyrrole nitrogens is 1. The summed E-state index contributed by atoms with van der Waals surface area (Å²) < 4.78 is 29.2. The van der Waals surface area contributed by atoms with E-state index in [0.29, 0.717) is 29.1 Å². The summed E-state index contributed by atoms with van der Waals surface area (Å²) in [4.78, 5) is 12.2. The highest BCUT2D eigenvalue weighted by molar-refractivity contribution is 7.92. The zero-order valence-corrected chi connectivity index (χ0v) is 15.2. The quantitative estimate of drug-likeness (QED) is 0.720. The largest absolute Gasteiger partial charge is 0.284 e. The van der Waals surface area contributed by atoms with Gasteiger partial charge in [0.25, 0.3) is 15.6 Å². The third-order valence-corrected chi connectivity index (χ3v) is 5.26. The molecule has 3 rings (SSSR count). The van der Waals surface area contributed by atoms with Crippen molar-refractivity contribution < 1.29 is 8.42 Å². The van der Waals surface area contributed by atoms with E-state index in [1.165, 1.54) is 30.3 Å². The highest BCUT2D eigenvalue weighted by Crippen LogP contribution is 2.21. The molecule has 0 radical (unpaired) electrons. The third-order valence-electron chi connectivity index (χ3n) is 3.86. The van der Waals surface area contributed by atoms with Gasteiger partial charge in [-0.05, 0) is 48.4 Å². The van der Waals surface area contributed by atoms with Crippen molar-refractivity contribution >= 4 is 26.6 Å². The Bertz CT molecular complexity index is 1150. The van der Waals surface area contributed by atoms with Gasteiger partial charge in [0, 0.05) is 12.2 Å². The number of hydrogen-bond donors (Lipinski definition) is 2. The number of rotatable bonds is 5. The van der Waals surface area contributed by atoms with Crippen molar-refractivity contribution in [1.29, 1.82) is 5.26 Å². The van der Waals surface area contributed by atoms with Crippen molar-refractivity contribution in [3.63, 3.8) is 0 Å². The SMILES string of the molecule is CC(C)Cn1[nH]c(=O)c2cc(NS(=O)(=O)c3ccc(C#N)cc3)ccc21. The molecular weight excluding hydrogens is 352 g/mol. The Morgan fingerprint density at radius 1 is 1.19 bits per heavy atom. The molecule has 26 heavy (non-hydrogen) atoms. The minimum Gasteiger partial charge on any atom is -0.284 e. The third kappa shape index (κ3) is 3.48. The molecule has 134 valence electrons. The van der Waals surface area contributed by atoms with Gasteiger partial charge in [-0.2, -0.15) is 5.26 Å². The summed E-state index contributed by atoms with van der Waals surface area (Å²) >= 11 is 0. The second-order valence-corrected chi connectivity index (χ2v) is 8.10. The van der Waals surface area contributed by atoms with E-state index in [2.05, 4.69) is 9.82 Å². The topological polar surface area (TPSA) is 108 Å². The Kier molecular flexibility index (Phi) is 4.57. The predicted octanol–water partition coefficient (Wildman–Crippen LogP) is 2.66. The first-order valence-electron chi connectivity index (χ1n) is 8.06. The number of nitriles is 1. The monoisotopic (exact) mass is 370 g/mol. The first-order valence-corrected chi connectivity index (χ1v) is 9.54. The average molecular weight is 370 g/mol. The maximum absolute atomic E-state index is 12.5. The van der Waals surface area contributed by atoms with Crippen molar-refractivity contribution in [2.75, 3.05) is 4.72 Å². The van der Waals surface area contributed by atoms with Crippen molar-refractivity contribution in [2.45, 2.75) is 25.3 Å². The van der Waals surface area contributed by atoms with E-state index in [1.807, 2.05) is 19.9 Å². The van der Waals surface area contributed by atoms with E-state index in [-0.39, 0.29) is 10.5 Å². The average Bonchev–Trinajstić information content (AvgIpc) is 2.89. The molecular formula is C18H18N4O3S. The first kappa shape index (κ1) is 17.8. The number of benzene rings is 2. The Morgan fingerprint density at radius 2 is 1.88 bits per heavy atom. The molecule has 2 N–H and O–H groups in total. The van der Waals surface area contributed by atoms with Crippen LogP contribution in [-0.4, -0.2) is 18.2 Å². The molecule has 2 aromatic carbocycles. The van der Waals surface area contributed by atoms with Crippen LogP contribution in [0.15, 0.2) is 52.2 Å². The molecule has 8 heteroatoms. The summed E-state index contributed by atoms with van der Waals surface area (Å²) in [5.41, 5.74) is 1.14.